The molecule has 1 aliphatic carbocycles. The van der Waals surface area contributed by atoms with Crippen molar-refractivity contribution in [2.24, 2.45) is 0 Å². The molecule has 2 heterocycles. The number of pyridine rings is 1. The minimum Gasteiger partial charge on any atom is -0.507 e. The zero-order chi connectivity index (χ0) is 24.5. The Kier molecular flexibility index (Phi) is 6.78. The normalized spacial score (nSPS) is 21.2. The maximum Gasteiger partial charge on any atom is 0.295 e. The molecule has 2 aromatic rings. The third-order valence-corrected chi connectivity index (χ3v) is 6.78. The van der Waals surface area contributed by atoms with Crippen LogP contribution in [-0.4, -0.2) is 39.3 Å². The molecule has 1 N–H and O–H groups in total. The molecule has 0 bridgehead atoms. The molecule has 1 saturated carbocycles. The summed E-state index contributed by atoms with van der Waals surface area (Å²) in [4.78, 5) is 32.8. The van der Waals surface area contributed by atoms with Crippen LogP contribution in [0, 0.1) is 0 Å². The molecule has 1 saturated heterocycles. The Hall–Kier alpha value is -3.15. The predicted octanol–water partition coefficient (Wildman–Crippen LogP) is 5.53. The minimum absolute atomic E-state index is 0.0343. The molecule has 1 amide bonds. The van der Waals surface area contributed by atoms with Gasteiger partial charge in [-0.3, -0.25) is 14.6 Å². The quantitative estimate of drug-likeness (QED) is 0.359. The summed E-state index contributed by atoms with van der Waals surface area (Å²) in [6.07, 6.45) is 6.55. The Morgan fingerprint density at radius 1 is 1.12 bits per heavy atom. The number of aliphatic hydroxyl groups excluding tert-OH is 1. The molecule has 6 heteroatoms. The lowest BCUT2D eigenvalue weighted by molar-refractivity contribution is -0.141. The van der Waals surface area contributed by atoms with Crippen LogP contribution in [0.15, 0.2) is 48.2 Å². The number of benzene rings is 1. The van der Waals surface area contributed by atoms with Crippen molar-refractivity contribution in [1.82, 2.24) is 9.88 Å². The number of hydrogen-bond acceptors (Lipinski definition) is 5. The molecular weight excluding hydrogens is 428 g/mol. The van der Waals surface area contributed by atoms with Gasteiger partial charge in [0.25, 0.3) is 11.7 Å². The van der Waals surface area contributed by atoms with Gasteiger partial charge in [0, 0.05) is 23.4 Å². The first-order chi connectivity index (χ1) is 16.2. The van der Waals surface area contributed by atoms with Gasteiger partial charge < -0.3 is 14.7 Å². The summed E-state index contributed by atoms with van der Waals surface area (Å²) in [5, 5.41) is 11.5. The van der Waals surface area contributed by atoms with E-state index in [4.69, 9.17) is 4.74 Å². The lowest BCUT2D eigenvalue weighted by Crippen LogP contribution is -2.40. The number of ether oxygens (including phenoxy) is 1. The number of nitrogens with zero attached hydrogens (tertiary/aromatic N) is 2. The van der Waals surface area contributed by atoms with E-state index in [1.807, 2.05) is 31.2 Å². The van der Waals surface area contributed by atoms with Crippen molar-refractivity contribution in [3.8, 4) is 5.75 Å². The van der Waals surface area contributed by atoms with E-state index < -0.39 is 17.7 Å². The third kappa shape index (κ3) is 4.46. The van der Waals surface area contributed by atoms with Crippen molar-refractivity contribution in [3.63, 3.8) is 0 Å². The van der Waals surface area contributed by atoms with Crippen molar-refractivity contribution >= 4 is 17.4 Å². The molecule has 180 valence electrons. The van der Waals surface area contributed by atoms with Crippen molar-refractivity contribution in [1.29, 1.82) is 0 Å². The summed E-state index contributed by atoms with van der Waals surface area (Å²) in [5.74, 6) is -0.618. The van der Waals surface area contributed by atoms with Gasteiger partial charge in [0.2, 0.25) is 0 Å². The Labute approximate surface area is 201 Å². The fraction of sp³-hybridized carbons (Fsp3) is 0.464. The molecule has 34 heavy (non-hydrogen) atoms. The van der Waals surface area contributed by atoms with Crippen LogP contribution in [0.5, 0.6) is 5.75 Å². The van der Waals surface area contributed by atoms with Crippen LogP contribution < -0.4 is 4.74 Å². The van der Waals surface area contributed by atoms with Gasteiger partial charge in [-0.2, -0.15) is 0 Å². The minimum atomic E-state index is -0.700. The summed E-state index contributed by atoms with van der Waals surface area (Å²) in [5.41, 5.74) is 1.88. The number of ketones is 1. The van der Waals surface area contributed by atoms with Gasteiger partial charge in [0.15, 0.2) is 0 Å². The molecule has 1 aromatic heterocycles. The Balaban J connectivity index is 1.87. The van der Waals surface area contributed by atoms with Gasteiger partial charge >= 0.3 is 0 Å². The fourth-order valence-electron chi connectivity index (χ4n) is 5.11. The summed E-state index contributed by atoms with van der Waals surface area (Å²) >= 11 is 0. The molecule has 0 spiro atoms. The maximum atomic E-state index is 13.3. The Morgan fingerprint density at radius 2 is 1.85 bits per heavy atom. The number of rotatable bonds is 5. The van der Waals surface area contributed by atoms with E-state index in [9.17, 15) is 14.7 Å². The topological polar surface area (TPSA) is 79.7 Å². The van der Waals surface area contributed by atoms with Gasteiger partial charge in [0.05, 0.1) is 17.9 Å². The summed E-state index contributed by atoms with van der Waals surface area (Å²) in [6.45, 7) is 8.68. The van der Waals surface area contributed by atoms with Crippen LogP contribution in [0.25, 0.3) is 5.76 Å². The average molecular weight is 463 g/mol. The van der Waals surface area contributed by atoms with Crippen LogP contribution in [0.4, 0.5) is 0 Å². The highest BCUT2D eigenvalue weighted by Crippen LogP contribution is 2.43. The highest BCUT2D eigenvalue weighted by Gasteiger charge is 2.49. The number of amides is 1. The Bertz CT molecular complexity index is 1100. The second-order valence-corrected chi connectivity index (χ2v) is 10.1. The molecule has 1 aromatic carbocycles. The van der Waals surface area contributed by atoms with E-state index in [0.29, 0.717) is 17.9 Å². The molecule has 4 rings (SSSR count). The van der Waals surface area contributed by atoms with E-state index in [1.54, 1.807) is 23.2 Å². The molecule has 1 atom stereocenters. The van der Waals surface area contributed by atoms with Crippen LogP contribution in [0.2, 0.25) is 0 Å². The largest absolute Gasteiger partial charge is 0.507 e. The lowest BCUT2D eigenvalue weighted by atomic mass is 9.84. The molecule has 0 radical (unpaired) electrons. The van der Waals surface area contributed by atoms with Crippen molar-refractivity contribution in [2.75, 3.05) is 6.61 Å². The van der Waals surface area contributed by atoms with Gasteiger partial charge in [-0.1, -0.05) is 46.1 Å². The van der Waals surface area contributed by atoms with E-state index in [-0.39, 0.29) is 22.8 Å². The molecule has 1 unspecified atom stereocenters. The number of carbonyl (C=O) groups excluding carboxylic acids is 2. The first-order valence-electron chi connectivity index (χ1n) is 12.2. The number of aliphatic hydroxyl groups is 1. The standard InChI is InChI=1S/C28H34N2O4/c1-5-34-22-15-14-18(17-20(22)28(2,3)4)25(31)23-24(21-13-9-10-16-29-21)30(27(33)26(23)32)19-11-7-6-8-12-19/h9-10,13-17,19,24,31H,5-8,11-12H2,1-4H3/b25-23-. The lowest BCUT2D eigenvalue weighted by Gasteiger charge is -2.35. The van der Waals surface area contributed by atoms with E-state index in [2.05, 4.69) is 25.8 Å². The van der Waals surface area contributed by atoms with Crippen LogP contribution >= 0.6 is 0 Å². The van der Waals surface area contributed by atoms with Crippen LogP contribution in [-0.2, 0) is 15.0 Å². The number of carbonyl (C=O) groups is 2. The number of aromatic nitrogens is 1. The molecule has 2 fully saturated rings. The zero-order valence-corrected chi connectivity index (χ0v) is 20.5. The second kappa shape index (κ2) is 9.61. The molecular formula is C28H34N2O4. The predicted molar refractivity (Wildman–Crippen MR) is 132 cm³/mol. The third-order valence-electron chi connectivity index (χ3n) is 6.78. The van der Waals surface area contributed by atoms with Gasteiger partial charge in [-0.25, -0.2) is 0 Å². The summed E-state index contributed by atoms with van der Waals surface area (Å²) in [6, 6.07) is 10.2. The molecule has 6 nitrogen and oxygen atoms in total. The maximum absolute atomic E-state index is 13.3. The van der Waals surface area contributed by atoms with Crippen molar-refractivity contribution < 1.29 is 19.4 Å². The summed E-state index contributed by atoms with van der Waals surface area (Å²) in [7, 11) is 0. The number of likely N-dealkylation sites (tertiary alicyclic amines) is 1. The Morgan fingerprint density at radius 3 is 2.47 bits per heavy atom. The smallest absolute Gasteiger partial charge is 0.295 e. The molecule has 1 aliphatic heterocycles. The van der Waals surface area contributed by atoms with E-state index >= 15 is 0 Å². The highest BCUT2D eigenvalue weighted by atomic mass is 16.5. The summed E-state index contributed by atoms with van der Waals surface area (Å²) < 4.78 is 5.81. The van der Waals surface area contributed by atoms with Crippen LogP contribution in [0.3, 0.4) is 0 Å². The first kappa shape index (κ1) is 24.0. The average Bonchev–Trinajstić information content (AvgIpc) is 3.10. The van der Waals surface area contributed by atoms with E-state index in [1.165, 1.54) is 0 Å². The van der Waals surface area contributed by atoms with E-state index in [0.717, 1.165) is 43.4 Å². The SMILES string of the molecule is CCOc1ccc(/C(O)=C2/C(=O)C(=O)N(C3CCCCC3)C2c2ccccn2)cc1C(C)(C)C. The van der Waals surface area contributed by atoms with Gasteiger partial charge in [0.1, 0.15) is 17.6 Å². The first-order valence-corrected chi connectivity index (χ1v) is 12.2. The number of hydrogen-bond donors (Lipinski definition) is 1. The zero-order valence-electron chi connectivity index (χ0n) is 20.5. The molecule has 2 aliphatic rings. The van der Waals surface area contributed by atoms with Gasteiger partial charge in [-0.15, -0.1) is 0 Å². The van der Waals surface area contributed by atoms with Crippen molar-refractivity contribution in [2.45, 2.75) is 77.3 Å². The van der Waals surface area contributed by atoms with Gasteiger partial charge in [-0.05, 0) is 55.5 Å². The fourth-order valence-corrected chi connectivity index (χ4v) is 5.11. The number of Topliss-reactive ketones (excluding diaryl/α,β-unsaturated/α-hetero) is 1. The monoisotopic (exact) mass is 462 g/mol. The highest BCUT2D eigenvalue weighted by molar-refractivity contribution is 6.46. The van der Waals surface area contributed by atoms with Crippen molar-refractivity contribution in [3.05, 3.63) is 65.0 Å². The second-order valence-electron chi connectivity index (χ2n) is 10.1. The van der Waals surface area contributed by atoms with Crippen LogP contribution in [0.1, 0.15) is 82.7 Å².